The number of hydrogen-bond donors (Lipinski definition) is 0. The minimum Gasteiger partial charge on any atom is -0.486 e. The van der Waals surface area contributed by atoms with Crippen molar-refractivity contribution < 1.29 is 22.7 Å². The number of benzene rings is 1. The minimum absolute atomic E-state index is 0.0885. The van der Waals surface area contributed by atoms with Crippen molar-refractivity contribution in [3.8, 4) is 11.5 Å². The lowest BCUT2D eigenvalue weighted by Gasteiger charge is -2.28. The molecule has 0 atom stereocenters. The zero-order valence-corrected chi connectivity index (χ0v) is 13.1. The largest absolute Gasteiger partial charge is 0.486 e. The Labute approximate surface area is 129 Å². The van der Waals surface area contributed by atoms with Crippen molar-refractivity contribution in [1.29, 1.82) is 0 Å². The number of hydrogen-bond acceptors (Lipinski definition) is 6. The van der Waals surface area contributed by atoms with Crippen LogP contribution in [0.2, 0.25) is 0 Å². The number of ether oxygens (including phenoxy) is 2. The van der Waals surface area contributed by atoms with E-state index in [9.17, 15) is 13.2 Å². The highest BCUT2D eigenvalue weighted by atomic mass is 32.2. The summed E-state index contributed by atoms with van der Waals surface area (Å²) in [6.45, 7) is 0.677. The molecule has 1 fully saturated rings. The van der Waals surface area contributed by atoms with Crippen LogP contribution in [-0.4, -0.2) is 34.0 Å². The first kappa shape index (κ1) is 15.1. The summed E-state index contributed by atoms with van der Waals surface area (Å²) in [6.07, 6.45) is 5.79. The van der Waals surface area contributed by atoms with Crippen LogP contribution in [0.5, 0.6) is 11.5 Å². The molecule has 2 aliphatic rings. The van der Waals surface area contributed by atoms with Crippen molar-refractivity contribution in [2.24, 2.45) is 4.99 Å². The summed E-state index contributed by atoms with van der Waals surface area (Å²) in [5, 5.41) is 0. The van der Waals surface area contributed by atoms with Gasteiger partial charge < -0.3 is 9.47 Å². The molecule has 1 heterocycles. The van der Waals surface area contributed by atoms with Gasteiger partial charge in [0, 0.05) is 11.8 Å². The lowest BCUT2D eigenvalue weighted by Crippen LogP contribution is -2.25. The number of nitrogens with zero attached hydrogens (tertiary/aromatic N) is 1. The molecule has 0 aromatic heterocycles. The van der Waals surface area contributed by atoms with Gasteiger partial charge in [0.15, 0.2) is 21.3 Å². The molecule has 118 valence electrons. The number of fused-ring (bicyclic) bond motifs is 1. The Morgan fingerprint density at radius 1 is 1.18 bits per heavy atom. The fourth-order valence-electron chi connectivity index (χ4n) is 3.31. The molecule has 1 aromatic carbocycles. The molecule has 7 heteroatoms. The van der Waals surface area contributed by atoms with Crippen LogP contribution in [-0.2, 0) is 20.2 Å². The maximum atomic E-state index is 12.4. The Bertz CT molecular complexity index is 743. The molecule has 6 nitrogen and oxygen atoms in total. The molecule has 0 saturated heterocycles. The molecule has 0 spiro atoms. The summed E-state index contributed by atoms with van der Waals surface area (Å²) in [4.78, 5) is 15.0. The molecular weight excluding hydrogens is 306 g/mol. The van der Waals surface area contributed by atoms with Crippen LogP contribution in [0.15, 0.2) is 22.0 Å². The van der Waals surface area contributed by atoms with Crippen LogP contribution in [0, 0.1) is 0 Å². The number of sulfone groups is 1. The predicted octanol–water partition coefficient (Wildman–Crippen LogP) is 1.97. The van der Waals surface area contributed by atoms with E-state index in [1.165, 1.54) is 0 Å². The van der Waals surface area contributed by atoms with E-state index < -0.39 is 15.4 Å². The molecule has 0 amide bonds. The molecule has 1 aliphatic heterocycles. The predicted molar refractivity (Wildman–Crippen MR) is 78.8 cm³/mol. The Kier molecular flexibility index (Phi) is 3.70. The van der Waals surface area contributed by atoms with E-state index in [-0.39, 0.29) is 10.6 Å². The Balaban J connectivity index is 2.30. The van der Waals surface area contributed by atoms with Gasteiger partial charge in [0.1, 0.15) is 18.1 Å². The van der Waals surface area contributed by atoms with E-state index in [1.54, 1.807) is 18.2 Å². The Hall–Kier alpha value is -1.85. The molecule has 1 saturated carbocycles. The zero-order chi connectivity index (χ0) is 15.8. The van der Waals surface area contributed by atoms with Crippen LogP contribution >= 0.6 is 0 Å². The Morgan fingerprint density at radius 2 is 1.86 bits per heavy atom. The van der Waals surface area contributed by atoms with Crippen LogP contribution in [0.3, 0.4) is 0 Å². The van der Waals surface area contributed by atoms with Gasteiger partial charge in [-0.05, 0) is 18.9 Å². The van der Waals surface area contributed by atoms with E-state index in [0.717, 1.165) is 19.1 Å². The molecular formula is C15H17NO5S. The Morgan fingerprint density at radius 3 is 2.50 bits per heavy atom. The topological polar surface area (TPSA) is 82.0 Å². The maximum absolute atomic E-state index is 12.4. The number of aliphatic imine (C=N–C) groups is 1. The molecule has 1 aliphatic carbocycles. The van der Waals surface area contributed by atoms with Crippen molar-refractivity contribution in [2.75, 3.05) is 19.5 Å². The molecule has 0 radical (unpaired) electrons. The van der Waals surface area contributed by atoms with Crippen molar-refractivity contribution in [3.63, 3.8) is 0 Å². The zero-order valence-electron chi connectivity index (χ0n) is 12.3. The monoisotopic (exact) mass is 323 g/mol. The van der Waals surface area contributed by atoms with E-state index >= 15 is 0 Å². The second-order valence-electron chi connectivity index (χ2n) is 5.68. The van der Waals surface area contributed by atoms with E-state index in [0.29, 0.717) is 37.4 Å². The summed E-state index contributed by atoms with van der Waals surface area (Å²) < 4.78 is 35.7. The third-order valence-corrected chi connectivity index (χ3v) is 5.37. The van der Waals surface area contributed by atoms with E-state index in [1.807, 2.05) is 0 Å². The second kappa shape index (κ2) is 5.41. The summed E-state index contributed by atoms with van der Waals surface area (Å²) in [5.41, 5.74) is -0.309. The number of rotatable bonds is 3. The highest BCUT2D eigenvalue weighted by Gasteiger charge is 2.41. The van der Waals surface area contributed by atoms with Crippen LogP contribution < -0.4 is 9.47 Å². The van der Waals surface area contributed by atoms with Gasteiger partial charge in [-0.2, -0.15) is 4.99 Å². The number of isocyanates is 1. The van der Waals surface area contributed by atoms with Gasteiger partial charge >= 0.3 is 0 Å². The van der Waals surface area contributed by atoms with Gasteiger partial charge in [-0.25, -0.2) is 13.2 Å². The molecule has 3 rings (SSSR count). The van der Waals surface area contributed by atoms with Crippen molar-refractivity contribution in [1.82, 2.24) is 0 Å². The van der Waals surface area contributed by atoms with Crippen LogP contribution in [0.25, 0.3) is 0 Å². The van der Waals surface area contributed by atoms with Crippen molar-refractivity contribution >= 4 is 15.9 Å². The molecule has 0 unspecified atom stereocenters. The first-order valence-electron chi connectivity index (χ1n) is 7.20. The normalized spacial score (nSPS) is 19.5. The summed E-state index contributed by atoms with van der Waals surface area (Å²) in [5.74, 6) is 0.650. The van der Waals surface area contributed by atoms with Gasteiger partial charge in [0.25, 0.3) is 0 Å². The van der Waals surface area contributed by atoms with Gasteiger partial charge in [0.2, 0.25) is 6.08 Å². The molecule has 0 N–H and O–H groups in total. The standard InChI is InChI=1S/C15H17NO5S/c1-22(18,19)14-11(15(16-10-17)6-2-3-7-15)4-5-12-13(14)21-9-8-20-12/h4-5H,2-3,6-9H2,1H3. The quantitative estimate of drug-likeness (QED) is 0.627. The highest BCUT2D eigenvalue weighted by molar-refractivity contribution is 7.90. The molecule has 22 heavy (non-hydrogen) atoms. The minimum atomic E-state index is -3.56. The van der Waals surface area contributed by atoms with Crippen LogP contribution in [0.1, 0.15) is 31.2 Å². The van der Waals surface area contributed by atoms with Crippen LogP contribution in [0.4, 0.5) is 0 Å². The van der Waals surface area contributed by atoms with Gasteiger partial charge in [-0.15, -0.1) is 0 Å². The second-order valence-corrected chi connectivity index (χ2v) is 7.63. The highest BCUT2D eigenvalue weighted by Crippen LogP contribution is 2.49. The van der Waals surface area contributed by atoms with Gasteiger partial charge in [-0.3, -0.25) is 0 Å². The molecule has 1 aromatic rings. The summed E-state index contributed by atoms with van der Waals surface area (Å²) in [6, 6.07) is 3.38. The van der Waals surface area contributed by atoms with Crippen molar-refractivity contribution in [3.05, 3.63) is 17.7 Å². The fraction of sp³-hybridized carbons (Fsp3) is 0.533. The van der Waals surface area contributed by atoms with E-state index in [2.05, 4.69) is 4.99 Å². The first-order chi connectivity index (χ1) is 10.5. The first-order valence-corrected chi connectivity index (χ1v) is 9.09. The van der Waals surface area contributed by atoms with Gasteiger partial charge in [0.05, 0.1) is 5.54 Å². The lowest BCUT2D eigenvalue weighted by atomic mass is 9.88. The smallest absolute Gasteiger partial charge is 0.235 e. The van der Waals surface area contributed by atoms with Crippen molar-refractivity contribution in [2.45, 2.75) is 36.1 Å². The average Bonchev–Trinajstić information content (AvgIpc) is 2.95. The lowest BCUT2D eigenvalue weighted by molar-refractivity contribution is 0.166. The van der Waals surface area contributed by atoms with Gasteiger partial charge in [-0.1, -0.05) is 18.9 Å². The third-order valence-electron chi connectivity index (χ3n) is 4.23. The maximum Gasteiger partial charge on any atom is 0.235 e. The summed E-state index contributed by atoms with van der Waals surface area (Å²) >= 11 is 0. The SMILES string of the molecule is CS(=O)(=O)c1c(C2(N=C=O)CCCC2)ccc2c1OCCO2. The third kappa shape index (κ3) is 2.40. The van der Waals surface area contributed by atoms with E-state index in [4.69, 9.17) is 9.47 Å². The molecule has 0 bridgehead atoms. The summed E-state index contributed by atoms with van der Waals surface area (Å²) in [7, 11) is -3.56. The number of carbonyl (C=O) groups excluding carboxylic acids is 1. The fourth-order valence-corrected chi connectivity index (χ4v) is 4.47. The average molecular weight is 323 g/mol.